The maximum Gasteiger partial charge on any atom is 0.264 e. The van der Waals surface area contributed by atoms with Crippen LogP contribution < -0.4 is 14.4 Å². The normalized spacial score (nSPS) is 36.6. The number of hydrogen-bond donors (Lipinski definition) is 2. The highest BCUT2D eigenvalue weighted by molar-refractivity contribution is 7.90. The van der Waals surface area contributed by atoms with E-state index in [1.165, 1.54) is 5.57 Å². The average molecular weight is 754 g/mol. The summed E-state index contributed by atoms with van der Waals surface area (Å²) in [6, 6.07) is 5.31. The summed E-state index contributed by atoms with van der Waals surface area (Å²) in [5, 5.41) is 12.5. The van der Waals surface area contributed by atoms with Crippen LogP contribution in [0.2, 0.25) is 0 Å². The lowest BCUT2D eigenvalue weighted by Crippen LogP contribution is -2.56. The van der Waals surface area contributed by atoms with Gasteiger partial charge in [0, 0.05) is 66.5 Å². The van der Waals surface area contributed by atoms with Crippen molar-refractivity contribution >= 4 is 33.2 Å². The third-order valence-corrected chi connectivity index (χ3v) is 15.9. The van der Waals surface area contributed by atoms with E-state index in [1.54, 1.807) is 13.0 Å². The Morgan fingerprint density at radius 3 is 2.69 bits per heavy atom. The lowest BCUT2D eigenvalue weighted by atomic mass is 9.52. The number of sulfonamides is 1. The van der Waals surface area contributed by atoms with Gasteiger partial charge < -0.3 is 19.5 Å². The maximum atomic E-state index is 13.6. The number of fused-ring (bicyclic) bond motifs is 4. The van der Waals surface area contributed by atoms with Crippen LogP contribution in [0.15, 0.2) is 41.0 Å². The smallest absolute Gasteiger partial charge is 0.264 e. The van der Waals surface area contributed by atoms with Gasteiger partial charge in [0.25, 0.3) is 5.91 Å². The van der Waals surface area contributed by atoms with Crippen molar-refractivity contribution in [3.63, 3.8) is 0 Å². The molecule has 284 valence electrons. The van der Waals surface area contributed by atoms with E-state index in [4.69, 9.17) is 21.1 Å². The molecule has 1 unspecified atom stereocenters. The Bertz CT molecular complexity index is 1760. The van der Waals surface area contributed by atoms with Gasteiger partial charge in [-0.1, -0.05) is 48.9 Å². The van der Waals surface area contributed by atoms with Gasteiger partial charge in [-0.15, -0.1) is 0 Å². The highest BCUT2D eigenvalue weighted by Gasteiger charge is 2.55. The lowest BCUT2D eigenvalue weighted by Gasteiger charge is -2.55. The average Bonchev–Trinajstić information content (AvgIpc) is 3.26. The summed E-state index contributed by atoms with van der Waals surface area (Å²) in [5.41, 5.74) is 0.890. The summed E-state index contributed by atoms with van der Waals surface area (Å²) in [4.78, 5) is 18.4. The molecule has 1 spiro atoms. The van der Waals surface area contributed by atoms with E-state index in [1.807, 2.05) is 19.1 Å². The maximum absolute atomic E-state index is 13.6. The monoisotopic (exact) mass is 753 g/mol. The molecule has 3 aliphatic carbocycles. The molecule has 3 aliphatic heterocycles. The third-order valence-electron chi connectivity index (χ3n) is 13.7. The minimum absolute atomic E-state index is 0.0170. The van der Waals surface area contributed by atoms with Gasteiger partial charge in [-0.25, -0.2) is 13.1 Å². The molecule has 2 N–H and O–H groups in total. The molecule has 0 aromatic heterocycles. The molecule has 3 heterocycles. The van der Waals surface area contributed by atoms with Crippen molar-refractivity contribution in [1.29, 1.82) is 0 Å². The Labute approximate surface area is 315 Å². The van der Waals surface area contributed by atoms with Crippen molar-refractivity contribution in [2.45, 2.75) is 95.8 Å². The standard InChI is InChI=1S/C41H56ClN3O6S/c1-29-8-6-17-41(47,16-4-5-19-44-20-22-50-23-21-44)35-12-10-32(35)26-45-27-40(15-7-9-33-25-34(42)14-18-39(33,40)3)28-51-37-13-11-31(24-36(37)45)38(46)43-52(48,49)30(29)2/h11,13-14,24-25,29-30,32,35,47H,5-10,12,15,17-23,26-28H2,1-3H3,(H,43,46)/t29-,30+,32-,35+,39?,40-,41-/m0/s1. The van der Waals surface area contributed by atoms with Crippen LogP contribution in [0.5, 0.6) is 5.75 Å². The van der Waals surface area contributed by atoms with E-state index in [0.29, 0.717) is 51.1 Å². The molecule has 6 aliphatic rings. The fraction of sp³-hybridized carbons (Fsp3) is 0.683. The Balaban J connectivity index is 1.25. The van der Waals surface area contributed by atoms with Crippen LogP contribution in [0.25, 0.3) is 0 Å². The van der Waals surface area contributed by atoms with Crippen molar-refractivity contribution in [3.05, 3.63) is 46.5 Å². The number of halogens is 1. The SMILES string of the molecule is C[C@@H]1[C@@H](C)CCC[C@@](O)(C#CCCN2CCOCC2)[C@@H]2CC[C@H]2CN2C[C@@]3(CCCC4=CC(Cl)=CCC43C)COc3ccc(cc32)C(=O)NS1(=O)=O. The highest BCUT2D eigenvalue weighted by atomic mass is 35.5. The number of hydrogen-bond acceptors (Lipinski definition) is 8. The zero-order valence-corrected chi connectivity index (χ0v) is 32.7. The van der Waals surface area contributed by atoms with Gasteiger partial charge >= 0.3 is 0 Å². The fourth-order valence-electron chi connectivity index (χ4n) is 9.81. The number of anilines is 1. The van der Waals surface area contributed by atoms with Crippen LogP contribution in [-0.4, -0.2) is 87.7 Å². The molecular weight excluding hydrogens is 698 g/mol. The number of nitrogens with one attached hydrogen (secondary N) is 1. The van der Waals surface area contributed by atoms with Gasteiger partial charge in [-0.05, 0) is 101 Å². The van der Waals surface area contributed by atoms with Gasteiger partial charge in [0.1, 0.15) is 11.4 Å². The third kappa shape index (κ3) is 7.30. The Morgan fingerprint density at radius 2 is 1.92 bits per heavy atom. The summed E-state index contributed by atoms with van der Waals surface area (Å²) < 4.78 is 41.7. The second kappa shape index (κ2) is 14.9. The van der Waals surface area contributed by atoms with Gasteiger partial charge in [0.15, 0.2) is 0 Å². The second-order valence-electron chi connectivity index (χ2n) is 16.7. The fourth-order valence-corrected chi connectivity index (χ4v) is 11.3. The van der Waals surface area contributed by atoms with Crippen molar-refractivity contribution < 1.29 is 27.8 Å². The zero-order chi connectivity index (χ0) is 36.7. The van der Waals surface area contributed by atoms with Gasteiger partial charge in [-0.3, -0.25) is 9.69 Å². The van der Waals surface area contributed by atoms with Gasteiger partial charge in [0.2, 0.25) is 10.0 Å². The molecule has 0 radical (unpaired) electrons. The number of morpholine rings is 1. The van der Waals surface area contributed by atoms with Crippen molar-refractivity contribution in [1.82, 2.24) is 9.62 Å². The molecule has 7 atom stereocenters. The molecule has 7 rings (SSSR count). The number of benzene rings is 1. The van der Waals surface area contributed by atoms with E-state index < -0.39 is 26.8 Å². The van der Waals surface area contributed by atoms with Crippen molar-refractivity contribution in [2.24, 2.45) is 28.6 Å². The number of aliphatic hydroxyl groups is 1. The van der Waals surface area contributed by atoms with Crippen LogP contribution in [0.3, 0.4) is 0 Å². The number of carbonyl (C=O) groups excluding carboxylic acids is 1. The van der Waals surface area contributed by atoms with Crippen molar-refractivity contribution in [3.8, 4) is 17.6 Å². The number of nitrogens with zero attached hydrogens (tertiary/aromatic N) is 2. The Hall–Kier alpha value is -2.55. The number of rotatable bonds is 2. The van der Waals surface area contributed by atoms with Crippen LogP contribution in [0.1, 0.15) is 95.3 Å². The molecule has 2 bridgehead atoms. The minimum Gasteiger partial charge on any atom is -0.491 e. The number of allylic oxidation sites excluding steroid dienone is 4. The van der Waals surface area contributed by atoms with Crippen molar-refractivity contribution in [2.75, 3.05) is 57.4 Å². The molecule has 1 amide bonds. The molecule has 2 saturated carbocycles. The van der Waals surface area contributed by atoms with E-state index in [9.17, 15) is 18.3 Å². The van der Waals surface area contributed by atoms with E-state index >= 15 is 0 Å². The van der Waals surface area contributed by atoms with Crippen LogP contribution >= 0.6 is 11.6 Å². The zero-order valence-electron chi connectivity index (χ0n) is 31.1. The molecule has 9 nitrogen and oxygen atoms in total. The summed E-state index contributed by atoms with van der Waals surface area (Å²) in [6.45, 7) is 12.0. The minimum atomic E-state index is -3.96. The number of carbonyl (C=O) groups is 1. The van der Waals surface area contributed by atoms with Gasteiger partial charge in [0.05, 0.1) is 30.8 Å². The molecular formula is C41H56ClN3O6S. The molecule has 11 heteroatoms. The molecule has 1 aromatic rings. The summed E-state index contributed by atoms with van der Waals surface area (Å²) in [5.74, 6) is 6.80. The number of ether oxygens (including phenoxy) is 2. The second-order valence-corrected chi connectivity index (χ2v) is 19.2. The van der Waals surface area contributed by atoms with Crippen LogP contribution in [0, 0.1) is 40.4 Å². The van der Waals surface area contributed by atoms with Gasteiger partial charge in [-0.2, -0.15) is 0 Å². The molecule has 52 heavy (non-hydrogen) atoms. The summed E-state index contributed by atoms with van der Waals surface area (Å²) in [7, 11) is -3.96. The molecule has 1 saturated heterocycles. The quantitative estimate of drug-likeness (QED) is 0.341. The Kier molecular flexibility index (Phi) is 10.8. The predicted molar refractivity (Wildman–Crippen MR) is 205 cm³/mol. The van der Waals surface area contributed by atoms with Crippen LogP contribution in [0.4, 0.5) is 5.69 Å². The van der Waals surface area contributed by atoms with E-state index in [2.05, 4.69) is 45.4 Å². The van der Waals surface area contributed by atoms with E-state index in [-0.39, 0.29) is 34.1 Å². The molecule has 3 fully saturated rings. The summed E-state index contributed by atoms with van der Waals surface area (Å²) in [6.07, 6.45) is 12.4. The first-order chi connectivity index (χ1) is 24.8. The first kappa shape index (κ1) is 37.8. The largest absolute Gasteiger partial charge is 0.491 e. The summed E-state index contributed by atoms with van der Waals surface area (Å²) >= 11 is 6.57. The Morgan fingerprint density at radius 1 is 1.12 bits per heavy atom. The number of amides is 1. The topological polar surface area (TPSA) is 108 Å². The van der Waals surface area contributed by atoms with E-state index in [0.717, 1.165) is 82.1 Å². The first-order valence-electron chi connectivity index (χ1n) is 19.5. The lowest BCUT2D eigenvalue weighted by molar-refractivity contribution is -0.0463. The molecule has 1 aromatic carbocycles. The predicted octanol–water partition coefficient (Wildman–Crippen LogP) is 6.27. The van der Waals surface area contributed by atoms with Crippen LogP contribution in [-0.2, 0) is 14.8 Å². The first-order valence-corrected chi connectivity index (χ1v) is 21.4. The highest BCUT2D eigenvalue weighted by Crippen LogP contribution is 2.60.